The van der Waals surface area contributed by atoms with Gasteiger partial charge in [-0.05, 0) is 45.8 Å². The van der Waals surface area contributed by atoms with Crippen LogP contribution in [0.25, 0.3) is 0 Å². The highest BCUT2D eigenvalue weighted by atomic mass is 79.9. The maximum absolute atomic E-state index is 10.4. The Labute approximate surface area is 114 Å². The predicted octanol–water partition coefficient (Wildman–Crippen LogP) is 2.54. The van der Waals surface area contributed by atoms with Crippen LogP contribution in [-0.2, 0) is 7.05 Å². The fraction of sp³-hybridized carbons (Fsp3) is 0.385. The summed E-state index contributed by atoms with van der Waals surface area (Å²) in [5.74, 6) is 0.737. The van der Waals surface area contributed by atoms with Crippen molar-refractivity contribution in [2.75, 3.05) is 0 Å². The second-order valence-corrected chi connectivity index (χ2v) is 5.48. The first-order valence-corrected chi connectivity index (χ1v) is 6.79. The molecule has 0 amide bonds. The molecule has 4 nitrogen and oxygen atoms in total. The summed E-state index contributed by atoms with van der Waals surface area (Å²) in [7, 11) is 1.77. The highest BCUT2D eigenvalue weighted by molar-refractivity contribution is 9.10. The molecule has 5 heteroatoms. The van der Waals surface area contributed by atoms with E-state index in [4.69, 9.17) is 0 Å². The van der Waals surface area contributed by atoms with E-state index in [1.54, 1.807) is 11.7 Å². The van der Waals surface area contributed by atoms with Crippen LogP contribution in [-0.4, -0.2) is 20.1 Å². The minimum atomic E-state index is -0.701. The third kappa shape index (κ3) is 2.08. The molecule has 1 aromatic carbocycles. The van der Waals surface area contributed by atoms with Gasteiger partial charge in [0.05, 0.1) is 0 Å². The molecule has 0 aliphatic heterocycles. The Morgan fingerprint density at radius 3 is 2.50 bits per heavy atom. The molecular weight excluding hydrogens is 294 g/mol. The standard InChI is InChI=1S/C13H14BrN3O/c1-17-11(13(14)15-16-17)12(18)10-6-4-9(5-7-10)8-2-3-8/h4-8,12,18H,2-3H2,1H3. The monoisotopic (exact) mass is 307 g/mol. The average Bonchev–Trinajstić information content (AvgIpc) is 3.16. The third-order valence-electron chi connectivity index (χ3n) is 3.39. The molecule has 1 aliphatic rings. The molecule has 0 bridgehead atoms. The Hall–Kier alpha value is -1.20. The van der Waals surface area contributed by atoms with E-state index in [1.807, 2.05) is 12.1 Å². The van der Waals surface area contributed by atoms with Crippen molar-refractivity contribution in [1.29, 1.82) is 0 Å². The highest BCUT2D eigenvalue weighted by Crippen LogP contribution is 2.40. The van der Waals surface area contributed by atoms with Crippen molar-refractivity contribution < 1.29 is 5.11 Å². The maximum Gasteiger partial charge on any atom is 0.154 e. The zero-order chi connectivity index (χ0) is 12.7. The van der Waals surface area contributed by atoms with E-state index in [0.29, 0.717) is 10.3 Å². The summed E-state index contributed by atoms with van der Waals surface area (Å²) in [6, 6.07) is 8.18. The van der Waals surface area contributed by atoms with Crippen LogP contribution in [0.3, 0.4) is 0 Å². The summed E-state index contributed by atoms with van der Waals surface area (Å²) in [6.45, 7) is 0. The topological polar surface area (TPSA) is 50.9 Å². The van der Waals surface area contributed by atoms with E-state index in [9.17, 15) is 5.11 Å². The lowest BCUT2D eigenvalue weighted by Crippen LogP contribution is -2.07. The summed E-state index contributed by atoms with van der Waals surface area (Å²) >= 11 is 3.31. The fourth-order valence-corrected chi connectivity index (χ4v) is 2.70. The SMILES string of the molecule is Cn1nnc(Br)c1C(O)c1ccc(C2CC2)cc1. The predicted molar refractivity (Wildman–Crippen MR) is 71.2 cm³/mol. The maximum atomic E-state index is 10.4. The molecule has 1 saturated carbocycles. The summed E-state index contributed by atoms with van der Waals surface area (Å²) in [5, 5.41) is 18.1. The first-order chi connectivity index (χ1) is 8.66. The number of halogens is 1. The van der Waals surface area contributed by atoms with Crippen molar-refractivity contribution in [2.24, 2.45) is 7.05 Å². The van der Waals surface area contributed by atoms with Crippen LogP contribution in [0, 0.1) is 0 Å². The van der Waals surface area contributed by atoms with Crippen LogP contribution in [0.15, 0.2) is 28.9 Å². The Morgan fingerprint density at radius 2 is 2.00 bits per heavy atom. The molecule has 1 N–H and O–H groups in total. The van der Waals surface area contributed by atoms with E-state index in [0.717, 1.165) is 11.5 Å². The number of hydrogen-bond donors (Lipinski definition) is 1. The third-order valence-corrected chi connectivity index (χ3v) is 3.95. The van der Waals surface area contributed by atoms with Gasteiger partial charge in [-0.15, -0.1) is 5.10 Å². The zero-order valence-corrected chi connectivity index (χ0v) is 11.6. The molecule has 1 unspecified atom stereocenters. The molecule has 1 heterocycles. The Balaban J connectivity index is 1.89. The van der Waals surface area contributed by atoms with Crippen molar-refractivity contribution in [3.8, 4) is 0 Å². The zero-order valence-electron chi connectivity index (χ0n) is 10.0. The van der Waals surface area contributed by atoms with E-state index in [2.05, 4.69) is 38.4 Å². The van der Waals surface area contributed by atoms with Gasteiger partial charge in [-0.1, -0.05) is 29.5 Å². The first kappa shape index (κ1) is 11.9. The number of aliphatic hydroxyl groups is 1. The lowest BCUT2D eigenvalue weighted by molar-refractivity contribution is 0.209. The number of aromatic nitrogens is 3. The van der Waals surface area contributed by atoms with Crippen LogP contribution in [0.2, 0.25) is 0 Å². The lowest BCUT2D eigenvalue weighted by Gasteiger charge is -2.12. The van der Waals surface area contributed by atoms with Gasteiger partial charge in [0.2, 0.25) is 0 Å². The van der Waals surface area contributed by atoms with Crippen molar-refractivity contribution in [2.45, 2.75) is 24.9 Å². The normalized spacial score (nSPS) is 16.8. The second kappa shape index (κ2) is 4.48. The number of rotatable bonds is 3. The largest absolute Gasteiger partial charge is 0.382 e. The average molecular weight is 308 g/mol. The molecule has 18 heavy (non-hydrogen) atoms. The van der Waals surface area contributed by atoms with Gasteiger partial charge in [-0.25, -0.2) is 4.68 Å². The van der Waals surface area contributed by atoms with Crippen LogP contribution in [0.4, 0.5) is 0 Å². The quantitative estimate of drug-likeness (QED) is 0.948. The fourth-order valence-electron chi connectivity index (χ4n) is 2.15. The molecular formula is C13H14BrN3O. The number of aryl methyl sites for hydroxylation is 1. The molecule has 1 aliphatic carbocycles. The van der Waals surface area contributed by atoms with Gasteiger partial charge in [0.25, 0.3) is 0 Å². The van der Waals surface area contributed by atoms with Crippen LogP contribution < -0.4 is 0 Å². The highest BCUT2D eigenvalue weighted by Gasteiger charge is 2.24. The van der Waals surface area contributed by atoms with Crippen molar-refractivity contribution in [3.63, 3.8) is 0 Å². The van der Waals surface area contributed by atoms with Crippen molar-refractivity contribution >= 4 is 15.9 Å². The second-order valence-electron chi connectivity index (χ2n) is 4.73. The molecule has 1 aromatic heterocycles. The molecule has 94 valence electrons. The van der Waals surface area contributed by atoms with Gasteiger partial charge in [-0.2, -0.15) is 0 Å². The number of nitrogens with zero attached hydrogens (tertiary/aromatic N) is 3. The van der Waals surface area contributed by atoms with Crippen LogP contribution >= 0.6 is 15.9 Å². The van der Waals surface area contributed by atoms with Gasteiger partial charge < -0.3 is 5.11 Å². The van der Waals surface area contributed by atoms with Crippen LogP contribution in [0.5, 0.6) is 0 Å². The summed E-state index contributed by atoms with van der Waals surface area (Å²) < 4.78 is 2.17. The molecule has 2 aromatic rings. The lowest BCUT2D eigenvalue weighted by atomic mass is 10.0. The van der Waals surface area contributed by atoms with E-state index >= 15 is 0 Å². The Bertz CT molecular complexity index is 541. The number of aliphatic hydroxyl groups excluding tert-OH is 1. The Kier molecular flexibility index (Phi) is 2.95. The van der Waals surface area contributed by atoms with Gasteiger partial charge in [0.15, 0.2) is 4.60 Å². The molecule has 1 atom stereocenters. The Morgan fingerprint density at radius 1 is 1.33 bits per heavy atom. The van der Waals surface area contributed by atoms with Crippen molar-refractivity contribution in [1.82, 2.24) is 15.0 Å². The van der Waals surface area contributed by atoms with E-state index in [1.165, 1.54) is 18.4 Å². The summed E-state index contributed by atoms with van der Waals surface area (Å²) in [6.07, 6.45) is 1.88. The molecule has 0 radical (unpaired) electrons. The molecule has 0 spiro atoms. The minimum absolute atomic E-state index is 0.587. The van der Waals surface area contributed by atoms with E-state index < -0.39 is 6.10 Å². The summed E-state index contributed by atoms with van der Waals surface area (Å²) in [4.78, 5) is 0. The van der Waals surface area contributed by atoms with Gasteiger partial charge in [0, 0.05) is 7.05 Å². The van der Waals surface area contributed by atoms with Gasteiger partial charge >= 0.3 is 0 Å². The van der Waals surface area contributed by atoms with E-state index in [-0.39, 0.29) is 0 Å². The molecule has 0 saturated heterocycles. The number of hydrogen-bond acceptors (Lipinski definition) is 3. The van der Waals surface area contributed by atoms with Gasteiger partial charge in [0.1, 0.15) is 11.8 Å². The smallest absolute Gasteiger partial charge is 0.154 e. The summed E-state index contributed by atoms with van der Waals surface area (Å²) in [5.41, 5.74) is 2.91. The van der Waals surface area contributed by atoms with Gasteiger partial charge in [-0.3, -0.25) is 0 Å². The minimum Gasteiger partial charge on any atom is -0.382 e. The number of benzene rings is 1. The van der Waals surface area contributed by atoms with Crippen molar-refractivity contribution in [3.05, 3.63) is 45.7 Å². The van der Waals surface area contributed by atoms with Crippen LogP contribution in [0.1, 0.15) is 41.7 Å². The first-order valence-electron chi connectivity index (χ1n) is 6.00. The molecule has 1 fully saturated rings. The molecule has 3 rings (SSSR count).